The summed E-state index contributed by atoms with van der Waals surface area (Å²) in [6.45, 7) is 9.25. The van der Waals surface area contributed by atoms with Crippen molar-refractivity contribution < 1.29 is 0 Å². The number of benzene rings is 1. The van der Waals surface area contributed by atoms with E-state index in [0.29, 0.717) is 6.54 Å². The van der Waals surface area contributed by atoms with Crippen LogP contribution in [0.2, 0.25) is 0 Å². The molecule has 2 N–H and O–H groups in total. The summed E-state index contributed by atoms with van der Waals surface area (Å²) in [4.78, 5) is 6.05. The predicted octanol–water partition coefficient (Wildman–Crippen LogP) is 3.54. The van der Waals surface area contributed by atoms with Gasteiger partial charge in [0, 0.05) is 16.9 Å². The van der Waals surface area contributed by atoms with Crippen LogP contribution in [0.25, 0.3) is 10.6 Å². The van der Waals surface area contributed by atoms with Gasteiger partial charge < -0.3 is 5.73 Å². The lowest BCUT2D eigenvalue weighted by atomic mass is 10.0. The van der Waals surface area contributed by atoms with E-state index in [0.717, 1.165) is 17.1 Å². The Hall–Kier alpha value is -1.19. The van der Waals surface area contributed by atoms with Gasteiger partial charge in [-0.05, 0) is 45.4 Å². The van der Waals surface area contributed by atoms with Gasteiger partial charge in [0.15, 0.2) is 0 Å². The number of hydrogen-bond acceptors (Lipinski definition) is 3. The normalized spacial score (nSPS) is 10.9. The van der Waals surface area contributed by atoms with Crippen LogP contribution >= 0.6 is 11.3 Å². The van der Waals surface area contributed by atoms with Crippen molar-refractivity contribution in [2.24, 2.45) is 5.73 Å². The maximum absolute atomic E-state index is 5.62. The highest BCUT2D eigenvalue weighted by molar-refractivity contribution is 7.15. The molecule has 0 amide bonds. The molecule has 0 aliphatic rings. The molecule has 1 heterocycles. The molecule has 1 aromatic heterocycles. The monoisotopic (exact) mass is 260 g/mol. The standard InChI is InChI=1S/C15H20N2S/c1-9-7-10(2)14(11(3)8-9)15-17-13(5-6-16)12(4)18-15/h7-8H,5-6,16H2,1-4H3. The number of aryl methyl sites for hydroxylation is 4. The molecular formula is C15H20N2S. The molecule has 0 fully saturated rings. The average Bonchev–Trinajstić information content (AvgIpc) is 2.59. The van der Waals surface area contributed by atoms with E-state index in [4.69, 9.17) is 10.7 Å². The van der Waals surface area contributed by atoms with Gasteiger partial charge in [-0.25, -0.2) is 4.98 Å². The summed E-state index contributed by atoms with van der Waals surface area (Å²) in [6, 6.07) is 4.45. The zero-order valence-corrected chi connectivity index (χ0v) is 12.3. The molecule has 0 saturated carbocycles. The Morgan fingerprint density at radius 3 is 2.28 bits per heavy atom. The lowest BCUT2D eigenvalue weighted by Gasteiger charge is -2.08. The summed E-state index contributed by atoms with van der Waals surface area (Å²) in [6.07, 6.45) is 0.867. The van der Waals surface area contributed by atoms with Gasteiger partial charge in [0.1, 0.15) is 5.01 Å². The second kappa shape index (κ2) is 5.21. The third-order valence-corrected chi connectivity index (χ3v) is 4.20. The fourth-order valence-corrected chi connectivity index (χ4v) is 3.56. The average molecular weight is 260 g/mol. The summed E-state index contributed by atoms with van der Waals surface area (Å²) >= 11 is 1.77. The molecule has 0 bridgehead atoms. The van der Waals surface area contributed by atoms with Crippen molar-refractivity contribution in [1.82, 2.24) is 4.98 Å². The number of hydrogen-bond donors (Lipinski definition) is 1. The molecule has 2 rings (SSSR count). The first-order valence-electron chi connectivity index (χ1n) is 6.27. The van der Waals surface area contributed by atoms with Crippen LogP contribution in [-0.4, -0.2) is 11.5 Å². The van der Waals surface area contributed by atoms with Crippen molar-refractivity contribution in [3.63, 3.8) is 0 Å². The van der Waals surface area contributed by atoms with Gasteiger partial charge >= 0.3 is 0 Å². The Labute approximate surface area is 113 Å². The number of nitrogens with zero attached hydrogens (tertiary/aromatic N) is 1. The second-order valence-electron chi connectivity index (χ2n) is 4.83. The Balaban J connectivity index is 2.52. The zero-order valence-electron chi connectivity index (χ0n) is 11.5. The van der Waals surface area contributed by atoms with Crippen molar-refractivity contribution in [3.05, 3.63) is 39.4 Å². The molecule has 0 atom stereocenters. The topological polar surface area (TPSA) is 38.9 Å². The van der Waals surface area contributed by atoms with Crippen molar-refractivity contribution in [1.29, 1.82) is 0 Å². The minimum absolute atomic E-state index is 0.663. The quantitative estimate of drug-likeness (QED) is 0.916. The fourth-order valence-electron chi connectivity index (χ4n) is 2.42. The molecule has 2 aromatic rings. The van der Waals surface area contributed by atoms with Crippen molar-refractivity contribution in [2.75, 3.05) is 6.54 Å². The molecule has 2 nitrogen and oxygen atoms in total. The SMILES string of the molecule is Cc1cc(C)c(-c2nc(CCN)c(C)s2)c(C)c1. The van der Waals surface area contributed by atoms with E-state index in [1.165, 1.54) is 27.1 Å². The first-order chi connectivity index (χ1) is 8.52. The Morgan fingerprint density at radius 1 is 1.11 bits per heavy atom. The van der Waals surface area contributed by atoms with Crippen LogP contribution in [0.1, 0.15) is 27.3 Å². The van der Waals surface area contributed by atoms with Crippen LogP contribution in [0.3, 0.4) is 0 Å². The third kappa shape index (κ3) is 2.47. The second-order valence-corrected chi connectivity index (χ2v) is 6.04. The number of nitrogens with two attached hydrogens (primary N) is 1. The van der Waals surface area contributed by atoms with Gasteiger partial charge in [0.2, 0.25) is 0 Å². The molecule has 0 radical (unpaired) electrons. The van der Waals surface area contributed by atoms with E-state index in [9.17, 15) is 0 Å². The largest absolute Gasteiger partial charge is 0.330 e. The van der Waals surface area contributed by atoms with Crippen LogP contribution in [0.4, 0.5) is 0 Å². The van der Waals surface area contributed by atoms with Crippen LogP contribution in [0.5, 0.6) is 0 Å². The summed E-state index contributed by atoms with van der Waals surface area (Å²) in [5.41, 5.74) is 12.0. The van der Waals surface area contributed by atoms with Gasteiger partial charge in [-0.15, -0.1) is 11.3 Å². The molecule has 0 spiro atoms. The molecule has 0 saturated heterocycles. The molecule has 0 aliphatic heterocycles. The van der Waals surface area contributed by atoms with Crippen LogP contribution < -0.4 is 5.73 Å². The lowest BCUT2D eigenvalue weighted by Crippen LogP contribution is -2.03. The summed E-state index contributed by atoms with van der Waals surface area (Å²) in [7, 11) is 0. The summed E-state index contributed by atoms with van der Waals surface area (Å²) in [5.74, 6) is 0. The van der Waals surface area contributed by atoms with Crippen molar-refractivity contribution in [3.8, 4) is 10.6 Å². The van der Waals surface area contributed by atoms with Gasteiger partial charge in [-0.1, -0.05) is 17.7 Å². The zero-order chi connectivity index (χ0) is 13.3. The summed E-state index contributed by atoms with van der Waals surface area (Å²) in [5, 5.41) is 1.13. The number of rotatable bonds is 3. The van der Waals surface area contributed by atoms with Gasteiger partial charge in [-0.3, -0.25) is 0 Å². The molecule has 3 heteroatoms. The lowest BCUT2D eigenvalue weighted by molar-refractivity contribution is 0.927. The van der Waals surface area contributed by atoms with Crippen molar-refractivity contribution >= 4 is 11.3 Å². The van der Waals surface area contributed by atoms with Crippen LogP contribution in [-0.2, 0) is 6.42 Å². The van der Waals surface area contributed by atoms with Gasteiger partial charge in [0.25, 0.3) is 0 Å². The highest BCUT2D eigenvalue weighted by Gasteiger charge is 2.13. The fraction of sp³-hybridized carbons (Fsp3) is 0.400. The first-order valence-corrected chi connectivity index (χ1v) is 7.09. The highest BCUT2D eigenvalue weighted by Crippen LogP contribution is 2.33. The van der Waals surface area contributed by atoms with Crippen LogP contribution in [0.15, 0.2) is 12.1 Å². The minimum Gasteiger partial charge on any atom is -0.330 e. The minimum atomic E-state index is 0.663. The van der Waals surface area contributed by atoms with E-state index in [1.807, 2.05) is 0 Å². The number of aromatic nitrogens is 1. The molecule has 96 valence electrons. The molecular weight excluding hydrogens is 240 g/mol. The Bertz CT molecular complexity index is 547. The molecule has 18 heavy (non-hydrogen) atoms. The Morgan fingerprint density at radius 2 is 1.72 bits per heavy atom. The Kier molecular flexibility index (Phi) is 3.83. The third-order valence-electron chi connectivity index (χ3n) is 3.16. The highest BCUT2D eigenvalue weighted by atomic mass is 32.1. The molecule has 0 aliphatic carbocycles. The maximum Gasteiger partial charge on any atom is 0.124 e. The van der Waals surface area contributed by atoms with E-state index >= 15 is 0 Å². The molecule has 1 aromatic carbocycles. The van der Waals surface area contributed by atoms with E-state index in [2.05, 4.69) is 39.8 Å². The van der Waals surface area contributed by atoms with Gasteiger partial charge in [0.05, 0.1) is 5.69 Å². The van der Waals surface area contributed by atoms with Crippen molar-refractivity contribution in [2.45, 2.75) is 34.1 Å². The predicted molar refractivity (Wildman–Crippen MR) is 79.3 cm³/mol. The smallest absolute Gasteiger partial charge is 0.124 e. The number of thiazole rings is 1. The van der Waals surface area contributed by atoms with Gasteiger partial charge in [-0.2, -0.15) is 0 Å². The van der Waals surface area contributed by atoms with E-state index in [1.54, 1.807) is 11.3 Å². The van der Waals surface area contributed by atoms with E-state index in [-0.39, 0.29) is 0 Å². The van der Waals surface area contributed by atoms with Crippen LogP contribution in [0, 0.1) is 27.7 Å². The maximum atomic E-state index is 5.62. The van der Waals surface area contributed by atoms with E-state index < -0.39 is 0 Å². The molecule has 0 unspecified atom stereocenters. The first kappa shape index (κ1) is 13.2. The summed E-state index contributed by atoms with van der Waals surface area (Å²) < 4.78 is 0.